The number of quaternary nitrogens is 1. The fourth-order valence-electron chi connectivity index (χ4n) is 5.47. The number of carbonyl (C=O) groups is 1. The number of hydrogen-bond acceptors (Lipinski definition) is 3. The number of esters is 1. The van der Waals surface area contributed by atoms with Crippen molar-refractivity contribution in [1.29, 1.82) is 0 Å². The van der Waals surface area contributed by atoms with Crippen molar-refractivity contribution in [2.45, 2.75) is 51.7 Å². The Hall–Kier alpha value is -1.68. The molecule has 3 aliphatic rings. The first-order chi connectivity index (χ1) is 12.1. The number of aromatic nitrogens is 1. The first kappa shape index (κ1) is 16.8. The summed E-state index contributed by atoms with van der Waals surface area (Å²) in [5, 5.41) is 2.23. The molecule has 5 atom stereocenters. The molecule has 4 heteroatoms. The smallest absolute Gasteiger partial charge is 0.315 e. The number of fused-ring (bicyclic) bond motifs is 2. The van der Waals surface area contributed by atoms with E-state index in [-0.39, 0.29) is 23.4 Å². The van der Waals surface area contributed by atoms with E-state index in [4.69, 9.17) is 4.74 Å². The highest BCUT2D eigenvalue weighted by molar-refractivity contribution is 5.75. The number of allylic oxidation sites excluding steroid dienone is 1. The van der Waals surface area contributed by atoms with Gasteiger partial charge in [0.25, 0.3) is 0 Å². The molecule has 1 saturated heterocycles. The summed E-state index contributed by atoms with van der Waals surface area (Å²) in [6.45, 7) is 8.42. The monoisotopic (exact) mass is 341 g/mol. The van der Waals surface area contributed by atoms with Crippen LogP contribution in [-0.4, -0.2) is 23.6 Å². The van der Waals surface area contributed by atoms with Gasteiger partial charge in [0, 0.05) is 23.9 Å². The minimum Gasteiger partial charge on any atom is -0.462 e. The van der Waals surface area contributed by atoms with Gasteiger partial charge in [0.05, 0.1) is 6.54 Å². The third-order valence-corrected chi connectivity index (χ3v) is 6.84. The van der Waals surface area contributed by atoms with E-state index in [2.05, 4.69) is 29.9 Å². The molecule has 0 aromatic carbocycles. The zero-order chi connectivity index (χ0) is 17.4. The van der Waals surface area contributed by atoms with Crippen molar-refractivity contribution in [2.75, 3.05) is 6.54 Å². The number of nitrogens with two attached hydrogens (primary N) is 1. The van der Waals surface area contributed by atoms with Gasteiger partial charge in [-0.1, -0.05) is 25.1 Å². The molecule has 2 heterocycles. The van der Waals surface area contributed by atoms with Gasteiger partial charge in [-0.25, -0.2) is 0 Å². The second-order valence-electron chi connectivity index (χ2n) is 8.49. The summed E-state index contributed by atoms with van der Waals surface area (Å²) < 4.78 is 5.83. The largest absolute Gasteiger partial charge is 0.462 e. The van der Waals surface area contributed by atoms with Crippen LogP contribution in [-0.2, 0) is 16.1 Å². The molecule has 0 unspecified atom stereocenters. The van der Waals surface area contributed by atoms with Crippen molar-refractivity contribution in [3.8, 4) is 0 Å². The van der Waals surface area contributed by atoms with Crippen molar-refractivity contribution in [3.05, 3.63) is 42.2 Å². The number of rotatable bonds is 4. The third-order valence-electron chi connectivity index (χ3n) is 6.84. The van der Waals surface area contributed by atoms with Crippen LogP contribution in [0.25, 0.3) is 0 Å². The van der Waals surface area contributed by atoms with E-state index in [0.29, 0.717) is 11.8 Å². The van der Waals surface area contributed by atoms with Gasteiger partial charge in [0.15, 0.2) is 0 Å². The molecule has 1 aromatic heterocycles. The van der Waals surface area contributed by atoms with Crippen molar-refractivity contribution in [2.24, 2.45) is 23.2 Å². The van der Waals surface area contributed by atoms with Crippen molar-refractivity contribution >= 4 is 5.97 Å². The Labute approximate surface area is 150 Å². The standard InChI is InChI=1S/C21H28N2O2/c1-14-5-3-7-21(2)10-19-16(9-18(14)21)17(20(24)25-19)13-23-12-15-6-4-8-22-11-15/h4,6,8,11,16-19,23H,1,3,5,7,9-10,12-13H2,2H3/p+1/t16-,17-,18-,19-,21+/m1/s1. The van der Waals surface area contributed by atoms with Crippen LogP contribution in [0.4, 0.5) is 0 Å². The van der Waals surface area contributed by atoms with Gasteiger partial charge in [0.2, 0.25) is 0 Å². The summed E-state index contributed by atoms with van der Waals surface area (Å²) in [6, 6.07) is 4.04. The predicted molar refractivity (Wildman–Crippen MR) is 95.4 cm³/mol. The predicted octanol–water partition coefficient (Wildman–Crippen LogP) is 2.46. The Kier molecular flexibility index (Phi) is 4.40. The van der Waals surface area contributed by atoms with Crippen molar-refractivity contribution < 1.29 is 14.8 Å². The normalized spacial score (nSPS) is 37.3. The Balaban J connectivity index is 1.42. The molecule has 4 rings (SSSR count). The van der Waals surface area contributed by atoms with E-state index >= 15 is 0 Å². The summed E-state index contributed by atoms with van der Waals surface area (Å²) >= 11 is 0. The Morgan fingerprint density at radius 2 is 2.36 bits per heavy atom. The molecule has 2 saturated carbocycles. The lowest BCUT2D eigenvalue weighted by Crippen LogP contribution is -2.84. The molecular formula is C21H29N2O2+. The van der Waals surface area contributed by atoms with Gasteiger partial charge in [-0.05, 0) is 49.5 Å². The average Bonchev–Trinajstić information content (AvgIpc) is 2.88. The molecule has 1 aliphatic heterocycles. The molecule has 0 spiro atoms. The van der Waals surface area contributed by atoms with E-state index in [1.165, 1.54) is 24.0 Å². The minimum atomic E-state index is 0.0188. The highest BCUT2D eigenvalue weighted by Gasteiger charge is 2.55. The molecule has 134 valence electrons. The van der Waals surface area contributed by atoms with E-state index in [9.17, 15) is 4.79 Å². The molecule has 3 fully saturated rings. The van der Waals surface area contributed by atoms with E-state index < -0.39 is 0 Å². The van der Waals surface area contributed by atoms with Crippen molar-refractivity contribution in [1.82, 2.24) is 4.98 Å². The molecule has 2 aliphatic carbocycles. The molecule has 2 N–H and O–H groups in total. The number of ether oxygens (including phenoxy) is 1. The summed E-state index contributed by atoms with van der Waals surface area (Å²) in [6.07, 6.45) is 9.54. The van der Waals surface area contributed by atoms with Crippen LogP contribution >= 0.6 is 0 Å². The first-order valence-corrected chi connectivity index (χ1v) is 9.65. The second-order valence-corrected chi connectivity index (χ2v) is 8.49. The zero-order valence-corrected chi connectivity index (χ0v) is 15.1. The van der Waals surface area contributed by atoms with Gasteiger partial charge >= 0.3 is 5.97 Å². The Morgan fingerprint density at radius 3 is 3.16 bits per heavy atom. The number of nitrogens with zero attached hydrogens (tertiary/aromatic N) is 1. The lowest BCUT2D eigenvalue weighted by Gasteiger charge is -2.49. The highest BCUT2D eigenvalue weighted by Crippen LogP contribution is 2.56. The summed E-state index contributed by atoms with van der Waals surface area (Å²) in [7, 11) is 0. The maximum absolute atomic E-state index is 12.5. The van der Waals surface area contributed by atoms with Crippen LogP contribution < -0.4 is 5.32 Å². The van der Waals surface area contributed by atoms with Gasteiger partial charge in [-0.2, -0.15) is 0 Å². The Morgan fingerprint density at radius 1 is 1.48 bits per heavy atom. The fraction of sp³-hybridized carbons (Fsp3) is 0.619. The molecule has 25 heavy (non-hydrogen) atoms. The van der Waals surface area contributed by atoms with E-state index in [0.717, 1.165) is 32.4 Å². The maximum atomic E-state index is 12.5. The number of pyridine rings is 1. The van der Waals surface area contributed by atoms with Crippen molar-refractivity contribution in [3.63, 3.8) is 0 Å². The van der Waals surface area contributed by atoms with Gasteiger partial charge in [-0.15, -0.1) is 0 Å². The lowest BCUT2D eigenvalue weighted by atomic mass is 9.55. The molecular weight excluding hydrogens is 312 g/mol. The van der Waals surface area contributed by atoms with E-state index in [1.54, 1.807) is 6.20 Å². The van der Waals surface area contributed by atoms with Crippen LogP contribution in [0.15, 0.2) is 36.7 Å². The summed E-state index contributed by atoms with van der Waals surface area (Å²) in [5.41, 5.74) is 2.89. The molecule has 0 bridgehead atoms. The van der Waals surface area contributed by atoms with Gasteiger partial charge in [0.1, 0.15) is 18.6 Å². The first-order valence-electron chi connectivity index (χ1n) is 9.65. The van der Waals surface area contributed by atoms with Crippen LogP contribution in [0.3, 0.4) is 0 Å². The van der Waals surface area contributed by atoms with Crippen LogP contribution in [0, 0.1) is 23.2 Å². The molecule has 1 aromatic rings. The maximum Gasteiger partial charge on any atom is 0.315 e. The third kappa shape index (κ3) is 3.12. The number of carbonyl (C=O) groups excluding carboxylic acids is 1. The molecule has 0 amide bonds. The lowest BCUT2D eigenvalue weighted by molar-refractivity contribution is -0.675. The summed E-state index contributed by atoms with van der Waals surface area (Å²) in [5.74, 6) is 0.981. The molecule has 4 nitrogen and oxygen atoms in total. The minimum absolute atomic E-state index is 0.0188. The highest BCUT2D eigenvalue weighted by atomic mass is 16.6. The average molecular weight is 341 g/mol. The zero-order valence-electron chi connectivity index (χ0n) is 15.1. The van der Waals surface area contributed by atoms with Gasteiger partial charge < -0.3 is 10.1 Å². The van der Waals surface area contributed by atoms with Gasteiger partial charge in [-0.3, -0.25) is 9.78 Å². The second kappa shape index (κ2) is 6.56. The number of hydrogen-bond donors (Lipinski definition) is 1. The topological polar surface area (TPSA) is 55.8 Å². The van der Waals surface area contributed by atoms with Crippen LogP contribution in [0.5, 0.6) is 0 Å². The SMILES string of the molecule is C=C1CCC[C@@]2(C)C[C@H]3OC(=O)[C@H](C[NH2+]Cc4cccnc4)[C@H]3C[C@H]12. The Bertz CT molecular complexity index is 659. The van der Waals surface area contributed by atoms with E-state index in [1.807, 2.05) is 12.3 Å². The van der Waals surface area contributed by atoms with Crippen LogP contribution in [0.1, 0.15) is 44.6 Å². The fourth-order valence-corrected chi connectivity index (χ4v) is 5.47. The summed E-state index contributed by atoms with van der Waals surface area (Å²) in [4.78, 5) is 16.7. The van der Waals surface area contributed by atoms with Crippen LogP contribution in [0.2, 0.25) is 0 Å². The quantitative estimate of drug-likeness (QED) is 0.676. The molecule has 0 radical (unpaired) electrons.